The van der Waals surface area contributed by atoms with Gasteiger partial charge in [-0.05, 0) is 314 Å². The molecule has 0 fully saturated rings. The SMILES string of the molecule is Cc1cc2cc(C)c(C)cc2cc1C.Cc1ccc(C2(c3ccc(C)c(C)c3)c3ccccc3-c3ccccc32)cc1C.Cc1ccc(Oc2ccc(C(c3ccc(Oc4ccc(C)c(C)c4)cc3)(C(F)(F)F)C(F)(F)F)cc2)cc1C.Cc1ccc2c(C)c(C)ccc2c1C. The Morgan fingerprint density at radius 2 is 0.542 bits per heavy atom. The number of rotatable bonds is 8. The van der Waals surface area contributed by atoms with Gasteiger partial charge < -0.3 is 9.47 Å². The van der Waals surface area contributed by atoms with Gasteiger partial charge in [0.05, 0.1) is 5.41 Å². The fourth-order valence-corrected chi connectivity index (χ4v) is 13.1. The summed E-state index contributed by atoms with van der Waals surface area (Å²) in [7, 11) is 0. The fourth-order valence-electron chi connectivity index (χ4n) is 13.1. The first-order valence-corrected chi connectivity index (χ1v) is 32.6. The molecule has 2 nitrogen and oxygen atoms in total. The molecule has 96 heavy (non-hydrogen) atoms. The summed E-state index contributed by atoms with van der Waals surface area (Å²) in [5, 5.41) is 5.51. The quantitative estimate of drug-likeness (QED) is 0.141. The molecule has 1 aliphatic carbocycles. The maximum absolute atomic E-state index is 14.5. The van der Waals surface area contributed by atoms with Crippen LogP contribution in [0.5, 0.6) is 23.0 Å². The monoisotopic (exact) mass is 1290 g/mol. The van der Waals surface area contributed by atoms with Crippen molar-refractivity contribution in [3.05, 3.63) is 341 Å². The highest BCUT2D eigenvalue weighted by molar-refractivity contribution is 5.90. The van der Waals surface area contributed by atoms with Gasteiger partial charge in [-0.15, -0.1) is 0 Å². The third-order valence-electron chi connectivity index (χ3n) is 20.0. The van der Waals surface area contributed by atoms with Crippen molar-refractivity contribution in [3.63, 3.8) is 0 Å². The van der Waals surface area contributed by atoms with Crippen molar-refractivity contribution >= 4 is 21.5 Å². The molecule has 0 saturated carbocycles. The van der Waals surface area contributed by atoms with Crippen molar-refractivity contribution in [2.45, 2.75) is 134 Å². The molecule has 0 aliphatic heterocycles. The molecule has 12 aromatic rings. The van der Waals surface area contributed by atoms with Crippen LogP contribution in [0, 0.1) is 111 Å². The Morgan fingerprint density at radius 3 is 0.854 bits per heavy atom. The van der Waals surface area contributed by atoms with Crippen molar-refractivity contribution < 1.29 is 35.8 Å². The average Bonchev–Trinajstić information content (AvgIpc) is 1.29. The molecule has 0 bridgehead atoms. The largest absolute Gasteiger partial charge is 0.457 e. The summed E-state index contributed by atoms with van der Waals surface area (Å²) in [5.74, 6) is 1.06. The first-order chi connectivity index (χ1) is 45.4. The Balaban J connectivity index is 0.000000152. The lowest BCUT2D eigenvalue weighted by Gasteiger charge is -2.38. The number of aryl methyl sites for hydroxylation is 16. The zero-order valence-corrected chi connectivity index (χ0v) is 57.9. The lowest BCUT2D eigenvalue weighted by molar-refractivity contribution is -0.288. The van der Waals surface area contributed by atoms with Crippen LogP contribution in [0.15, 0.2) is 218 Å². The van der Waals surface area contributed by atoms with Crippen LogP contribution in [0.4, 0.5) is 26.3 Å². The molecule has 8 heteroatoms. The molecule has 0 unspecified atom stereocenters. The molecule has 0 N–H and O–H groups in total. The van der Waals surface area contributed by atoms with E-state index < -0.39 is 28.9 Å². The van der Waals surface area contributed by atoms with Gasteiger partial charge in [0.25, 0.3) is 0 Å². The highest BCUT2D eigenvalue weighted by Gasteiger charge is 2.72. The van der Waals surface area contributed by atoms with Gasteiger partial charge in [0.15, 0.2) is 0 Å². The summed E-state index contributed by atoms with van der Waals surface area (Å²) in [6.07, 6.45) is -11.4. The molecule has 0 saturated heterocycles. The van der Waals surface area contributed by atoms with Crippen LogP contribution in [0.25, 0.3) is 32.7 Å². The third kappa shape index (κ3) is 13.5. The number of benzene rings is 12. The minimum Gasteiger partial charge on any atom is -0.457 e. The third-order valence-corrected chi connectivity index (χ3v) is 20.0. The average molecular weight is 1290 g/mol. The van der Waals surface area contributed by atoms with Crippen LogP contribution in [0.2, 0.25) is 0 Å². The molecule has 1 aliphatic rings. The summed E-state index contributed by atoms with van der Waals surface area (Å²) in [4.78, 5) is 0. The Kier molecular flexibility index (Phi) is 19.9. The van der Waals surface area contributed by atoms with Crippen molar-refractivity contribution in [2.24, 2.45) is 0 Å². The van der Waals surface area contributed by atoms with E-state index in [1.807, 2.05) is 39.8 Å². The number of halogens is 6. The number of hydrogen-bond acceptors (Lipinski definition) is 2. The van der Waals surface area contributed by atoms with Crippen molar-refractivity contribution in [1.82, 2.24) is 0 Å². The molecular weight excluding hydrogens is 1200 g/mol. The molecule has 0 spiro atoms. The Morgan fingerprint density at radius 1 is 0.260 bits per heavy atom. The highest BCUT2D eigenvalue weighted by Crippen LogP contribution is 2.58. The van der Waals surface area contributed by atoms with Gasteiger partial charge in [0.1, 0.15) is 23.0 Å². The second-order valence-electron chi connectivity index (χ2n) is 26.3. The molecule has 0 atom stereocenters. The van der Waals surface area contributed by atoms with E-state index in [4.69, 9.17) is 9.47 Å². The van der Waals surface area contributed by atoms with Gasteiger partial charge in [0.2, 0.25) is 5.41 Å². The van der Waals surface area contributed by atoms with E-state index in [2.05, 4.69) is 217 Å². The highest BCUT2D eigenvalue weighted by atomic mass is 19.4. The van der Waals surface area contributed by atoms with E-state index in [-0.39, 0.29) is 16.9 Å². The molecule has 13 rings (SSSR count). The van der Waals surface area contributed by atoms with Gasteiger partial charge in [-0.25, -0.2) is 0 Å². The summed E-state index contributed by atoms with van der Waals surface area (Å²) >= 11 is 0. The van der Waals surface area contributed by atoms with E-state index >= 15 is 0 Å². The number of ether oxygens (including phenoxy) is 2. The summed E-state index contributed by atoms with van der Waals surface area (Å²) in [6, 6.07) is 67.9. The first kappa shape index (κ1) is 69.2. The van der Waals surface area contributed by atoms with Crippen LogP contribution in [-0.2, 0) is 10.8 Å². The molecule has 0 radical (unpaired) electrons. The van der Waals surface area contributed by atoms with Gasteiger partial charge >= 0.3 is 12.4 Å². The summed E-state index contributed by atoms with van der Waals surface area (Å²) in [5.41, 5.74) is 22.0. The first-order valence-electron chi connectivity index (χ1n) is 32.6. The molecular formula is C88H84F6O2. The zero-order chi connectivity index (χ0) is 69.3. The second-order valence-corrected chi connectivity index (χ2v) is 26.3. The normalized spacial score (nSPS) is 12.4. The van der Waals surface area contributed by atoms with E-state index in [1.165, 1.54) is 122 Å². The lowest BCUT2D eigenvalue weighted by atomic mass is 9.67. The van der Waals surface area contributed by atoms with Crippen molar-refractivity contribution in [1.29, 1.82) is 0 Å². The lowest BCUT2D eigenvalue weighted by Crippen LogP contribution is -2.54. The van der Waals surface area contributed by atoms with Crippen LogP contribution in [0.1, 0.15) is 122 Å². The van der Waals surface area contributed by atoms with E-state index in [0.29, 0.717) is 11.5 Å². The summed E-state index contributed by atoms with van der Waals surface area (Å²) in [6.45, 7) is 33.8. The van der Waals surface area contributed by atoms with Crippen LogP contribution < -0.4 is 9.47 Å². The minimum atomic E-state index is -5.70. The van der Waals surface area contributed by atoms with Gasteiger partial charge in [-0.1, -0.05) is 170 Å². The molecule has 0 aromatic heterocycles. The van der Waals surface area contributed by atoms with Crippen molar-refractivity contribution in [3.8, 4) is 34.1 Å². The molecule has 490 valence electrons. The van der Waals surface area contributed by atoms with E-state index in [9.17, 15) is 26.3 Å². The Hall–Kier alpha value is -9.66. The summed E-state index contributed by atoms with van der Waals surface area (Å²) < 4.78 is 98.5. The van der Waals surface area contributed by atoms with E-state index in [1.54, 1.807) is 24.3 Å². The molecule has 0 heterocycles. The maximum Gasteiger partial charge on any atom is 0.411 e. The van der Waals surface area contributed by atoms with Gasteiger partial charge in [-0.2, -0.15) is 26.3 Å². The number of fused-ring (bicyclic) bond motifs is 5. The van der Waals surface area contributed by atoms with Crippen LogP contribution in [0.3, 0.4) is 0 Å². The van der Waals surface area contributed by atoms with Gasteiger partial charge in [-0.3, -0.25) is 0 Å². The smallest absolute Gasteiger partial charge is 0.411 e. The number of hydrogen-bond donors (Lipinski definition) is 0. The van der Waals surface area contributed by atoms with Crippen LogP contribution >= 0.6 is 0 Å². The van der Waals surface area contributed by atoms with Crippen LogP contribution in [-0.4, -0.2) is 12.4 Å². The van der Waals surface area contributed by atoms with E-state index in [0.717, 1.165) is 70.8 Å². The minimum absolute atomic E-state index is 0.109. The zero-order valence-electron chi connectivity index (χ0n) is 57.9. The topological polar surface area (TPSA) is 18.5 Å². The molecule has 12 aromatic carbocycles. The Bertz CT molecular complexity index is 4510. The predicted octanol–water partition coefficient (Wildman–Crippen LogP) is 25.3. The van der Waals surface area contributed by atoms with Crippen molar-refractivity contribution in [2.75, 3.05) is 0 Å². The number of alkyl halides is 6. The van der Waals surface area contributed by atoms with Gasteiger partial charge in [0, 0.05) is 0 Å². The molecule has 0 amide bonds. The second kappa shape index (κ2) is 27.6. The predicted molar refractivity (Wildman–Crippen MR) is 386 cm³/mol. The standard InChI is InChI=1S/C31H26F6O2.C29H26.2C14H16/c1-19-5-11-27(17-21(19)3)38-25-13-7-23(8-14-25)29(30(32,33)34,31(35,36)37)24-9-15-26(16-10-24)39-28-12-6-20(2)22(4)18-28;1-19-13-15-23(17-21(19)3)29(24-16-14-20(2)22(4)18-24)27-11-7-5-9-25(27)26-10-6-8-12-28(26)29;1-9-5-13-7-11(3)12(4)8-14(13)6-10(9)2;1-9-5-7-14-12(4)10(2)6-8-13(14)11(9)3/h5-18H,1-4H3;5-18H,1-4H3;2*5-8H,1-4H3. The fraction of sp³-hybridized carbons (Fsp3) is 0.227. The Labute approximate surface area is 563 Å². The maximum atomic E-state index is 14.5.